The highest BCUT2D eigenvalue weighted by molar-refractivity contribution is 6.41. The van der Waals surface area contributed by atoms with Crippen LogP contribution in [0.1, 0.15) is 13.3 Å². The van der Waals surface area contributed by atoms with Gasteiger partial charge in [0, 0.05) is 11.6 Å². The fraction of sp³-hybridized carbons (Fsp3) is 0.455. The summed E-state index contributed by atoms with van der Waals surface area (Å²) in [6, 6.07) is 3.60. The third-order valence-electron chi connectivity index (χ3n) is 2.71. The standard InChI is InChI=1S/C11H12Cl3NO/c1-6-10(2-3-16-6)15-11-8(13)4-7(12)5-9(11)14/h4-6,10,15H,2-3H2,1H3. The molecule has 5 heteroatoms. The molecule has 0 radical (unpaired) electrons. The summed E-state index contributed by atoms with van der Waals surface area (Å²) >= 11 is 18.0. The van der Waals surface area contributed by atoms with Gasteiger partial charge in [0.15, 0.2) is 0 Å². The van der Waals surface area contributed by atoms with Crippen LogP contribution in [0.25, 0.3) is 0 Å². The molecule has 0 saturated carbocycles. The van der Waals surface area contributed by atoms with Crippen LogP contribution in [0.4, 0.5) is 5.69 Å². The molecule has 1 aromatic rings. The van der Waals surface area contributed by atoms with E-state index in [4.69, 9.17) is 39.5 Å². The van der Waals surface area contributed by atoms with Crippen molar-refractivity contribution in [3.63, 3.8) is 0 Å². The monoisotopic (exact) mass is 279 g/mol. The molecule has 0 aliphatic carbocycles. The van der Waals surface area contributed by atoms with E-state index < -0.39 is 0 Å². The van der Waals surface area contributed by atoms with Crippen molar-refractivity contribution >= 4 is 40.5 Å². The molecule has 1 N–H and O–H groups in total. The van der Waals surface area contributed by atoms with E-state index >= 15 is 0 Å². The Morgan fingerprint density at radius 3 is 2.38 bits per heavy atom. The van der Waals surface area contributed by atoms with Crippen LogP contribution in [0, 0.1) is 0 Å². The summed E-state index contributed by atoms with van der Waals surface area (Å²) in [6.07, 6.45) is 1.12. The van der Waals surface area contributed by atoms with Gasteiger partial charge in [-0.15, -0.1) is 0 Å². The van der Waals surface area contributed by atoms with E-state index in [1.807, 2.05) is 6.92 Å². The Hall–Kier alpha value is -0.150. The van der Waals surface area contributed by atoms with Gasteiger partial charge in [0.1, 0.15) is 0 Å². The zero-order valence-electron chi connectivity index (χ0n) is 8.77. The van der Waals surface area contributed by atoms with Crippen molar-refractivity contribution in [3.8, 4) is 0 Å². The molecule has 1 aromatic carbocycles. The SMILES string of the molecule is CC1OCCC1Nc1c(Cl)cc(Cl)cc1Cl. The van der Waals surface area contributed by atoms with Crippen LogP contribution < -0.4 is 5.32 Å². The van der Waals surface area contributed by atoms with Gasteiger partial charge in [-0.3, -0.25) is 0 Å². The van der Waals surface area contributed by atoms with Gasteiger partial charge in [0.25, 0.3) is 0 Å². The molecule has 0 aromatic heterocycles. The zero-order valence-corrected chi connectivity index (χ0v) is 11.0. The van der Waals surface area contributed by atoms with Gasteiger partial charge < -0.3 is 10.1 Å². The van der Waals surface area contributed by atoms with Crippen molar-refractivity contribution in [2.45, 2.75) is 25.5 Å². The number of rotatable bonds is 2. The molecule has 1 fully saturated rings. The molecular formula is C11H12Cl3NO. The quantitative estimate of drug-likeness (QED) is 0.875. The molecule has 2 unspecified atom stereocenters. The lowest BCUT2D eigenvalue weighted by Gasteiger charge is -2.19. The number of anilines is 1. The summed E-state index contributed by atoms with van der Waals surface area (Å²) in [5.41, 5.74) is 0.732. The fourth-order valence-corrected chi connectivity index (χ4v) is 2.71. The molecule has 2 atom stereocenters. The van der Waals surface area contributed by atoms with Gasteiger partial charge in [-0.2, -0.15) is 0 Å². The first-order valence-electron chi connectivity index (χ1n) is 5.10. The van der Waals surface area contributed by atoms with E-state index in [0.29, 0.717) is 15.1 Å². The highest BCUT2D eigenvalue weighted by Gasteiger charge is 2.25. The van der Waals surface area contributed by atoms with Crippen LogP contribution >= 0.6 is 34.8 Å². The first kappa shape index (κ1) is 12.3. The Bertz CT molecular complexity index is 374. The lowest BCUT2D eigenvalue weighted by molar-refractivity contribution is 0.121. The Balaban J connectivity index is 2.21. The van der Waals surface area contributed by atoms with Crippen LogP contribution in [-0.4, -0.2) is 18.8 Å². The molecule has 0 amide bonds. The van der Waals surface area contributed by atoms with Crippen LogP contribution in [0.5, 0.6) is 0 Å². The van der Waals surface area contributed by atoms with Gasteiger partial charge in [0.2, 0.25) is 0 Å². The number of ether oxygens (including phenoxy) is 1. The van der Waals surface area contributed by atoms with Crippen LogP contribution in [0.2, 0.25) is 15.1 Å². The van der Waals surface area contributed by atoms with E-state index in [-0.39, 0.29) is 12.1 Å². The molecule has 1 aliphatic heterocycles. The van der Waals surface area contributed by atoms with Gasteiger partial charge in [-0.1, -0.05) is 34.8 Å². The topological polar surface area (TPSA) is 21.3 Å². The third-order valence-corrected chi connectivity index (χ3v) is 3.53. The van der Waals surface area contributed by atoms with E-state index in [9.17, 15) is 0 Å². The smallest absolute Gasteiger partial charge is 0.0748 e. The Morgan fingerprint density at radius 1 is 1.25 bits per heavy atom. The van der Waals surface area contributed by atoms with Gasteiger partial charge in [-0.25, -0.2) is 0 Å². The third kappa shape index (κ3) is 2.57. The number of nitrogens with one attached hydrogen (secondary N) is 1. The molecule has 2 rings (SSSR count). The highest BCUT2D eigenvalue weighted by atomic mass is 35.5. The van der Waals surface area contributed by atoms with Crippen molar-refractivity contribution < 1.29 is 4.74 Å². The minimum Gasteiger partial charge on any atom is -0.377 e. The molecule has 1 saturated heterocycles. The lowest BCUT2D eigenvalue weighted by Crippen LogP contribution is -2.26. The normalized spacial score (nSPS) is 24.8. The van der Waals surface area contributed by atoms with E-state index in [1.165, 1.54) is 0 Å². The maximum Gasteiger partial charge on any atom is 0.0748 e. The molecule has 2 nitrogen and oxygen atoms in total. The van der Waals surface area contributed by atoms with Crippen molar-refractivity contribution in [1.29, 1.82) is 0 Å². The molecule has 0 spiro atoms. The van der Waals surface area contributed by atoms with Crippen LogP contribution in [0.3, 0.4) is 0 Å². The Kier molecular flexibility index (Phi) is 3.85. The van der Waals surface area contributed by atoms with Crippen molar-refractivity contribution in [2.24, 2.45) is 0 Å². The van der Waals surface area contributed by atoms with Crippen molar-refractivity contribution in [2.75, 3.05) is 11.9 Å². The zero-order chi connectivity index (χ0) is 11.7. The van der Waals surface area contributed by atoms with Crippen LogP contribution in [0.15, 0.2) is 12.1 Å². The summed E-state index contributed by atoms with van der Waals surface area (Å²) in [6.45, 7) is 2.80. The van der Waals surface area contributed by atoms with Crippen LogP contribution in [-0.2, 0) is 4.74 Å². The maximum atomic E-state index is 6.09. The summed E-state index contributed by atoms with van der Waals surface area (Å²) in [5, 5.41) is 4.92. The summed E-state index contributed by atoms with van der Waals surface area (Å²) in [4.78, 5) is 0. The van der Waals surface area contributed by atoms with Crippen molar-refractivity contribution in [1.82, 2.24) is 0 Å². The minimum atomic E-state index is 0.169. The fourth-order valence-electron chi connectivity index (χ4n) is 1.79. The summed E-state index contributed by atoms with van der Waals surface area (Å²) < 4.78 is 5.47. The average Bonchev–Trinajstić information content (AvgIpc) is 2.57. The summed E-state index contributed by atoms with van der Waals surface area (Å²) in [7, 11) is 0. The average molecular weight is 281 g/mol. The molecule has 88 valence electrons. The molecule has 1 heterocycles. The number of hydrogen-bond donors (Lipinski definition) is 1. The Morgan fingerprint density at radius 2 is 1.88 bits per heavy atom. The lowest BCUT2D eigenvalue weighted by atomic mass is 10.1. The summed E-state index contributed by atoms with van der Waals surface area (Å²) in [5.74, 6) is 0. The molecule has 16 heavy (non-hydrogen) atoms. The van der Waals surface area contributed by atoms with E-state index in [0.717, 1.165) is 18.7 Å². The van der Waals surface area contributed by atoms with E-state index in [1.54, 1.807) is 12.1 Å². The second-order valence-corrected chi connectivity index (χ2v) is 5.11. The number of hydrogen-bond acceptors (Lipinski definition) is 2. The molecule has 1 aliphatic rings. The second-order valence-electron chi connectivity index (χ2n) is 3.86. The number of halogens is 3. The Labute approximate surface area is 110 Å². The highest BCUT2D eigenvalue weighted by Crippen LogP contribution is 2.35. The van der Waals surface area contributed by atoms with Gasteiger partial charge >= 0.3 is 0 Å². The largest absolute Gasteiger partial charge is 0.377 e. The predicted octanol–water partition coefficient (Wildman–Crippen LogP) is 4.24. The maximum absolute atomic E-state index is 6.09. The number of benzene rings is 1. The second kappa shape index (κ2) is 5.01. The van der Waals surface area contributed by atoms with E-state index in [2.05, 4.69) is 5.32 Å². The first-order valence-corrected chi connectivity index (χ1v) is 6.24. The van der Waals surface area contributed by atoms with Crippen molar-refractivity contribution in [3.05, 3.63) is 27.2 Å². The van der Waals surface area contributed by atoms with Gasteiger partial charge in [-0.05, 0) is 25.5 Å². The predicted molar refractivity (Wildman–Crippen MR) is 68.9 cm³/mol. The molecular weight excluding hydrogens is 268 g/mol. The van der Waals surface area contributed by atoms with Gasteiger partial charge in [0.05, 0.1) is 27.9 Å². The first-order chi connectivity index (χ1) is 7.58. The minimum absolute atomic E-state index is 0.169. The molecule has 0 bridgehead atoms.